The lowest BCUT2D eigenvalue weighted by molar-refractivity contribution is -0.130. The van der Waals surface area contributed by atoms with Crippen molar-refractivity contribution in [3.63, 3.8) is 0 Å². The van der Waals surface area contributed by atoms with Gasteiger partial charge in [-0.3, -0.25) is 4.79 Å². The van der Waals surface area contributed by atoms with Crippen molar-refractivity contribution in [2.24, 2.45) is 0 Å². The molecule has 0 aliphatic rings. The monoisotopic (exact) mass is 244 g/mol. The van der Waals surface area contributed by atoms with Gasteiger partial charge in [-0.15, -0.1) is 0 Å². The average molecular weight is 244 g/mol. The van der Waals surface area contributed by atoms with E-state index in [0.29, 0.717) is 25.9 Å². The van der Waals surface area contributed by atoms with Crippen molar-refractivity contribution in [1.29, 1.82) is 5.26 Å². The van der Waals surface area contributed by atoms with Crippen molar-refractivity contribution in [3.8, 4) is 6.07 Å². The lowest BCUT2D eigenvalue weighted by Gasteiger charge is -2.19. The molecule has 18 heavy (non-hydrogen) atoms. The Kier molecular flexibility index (Phi) is 5.93. The van der Waals surface area contributed by atoms with Gasteiger partial charge in [0.25, 0.3) is 0 Å². The van der Waals surface area contributed by atoms with Gasteiger partial charge in [-0.05, 0) is 31.4 Å². The molecule has 1 aromatic carbocycles. The number of nitrogens with zero attached hydrogens (tertiary/aromatic N) is 2. The Balaban J connectivity index is 2.50. The SMILES string of the molecule is CCN(CCC#N)C(=O)CCc1ccccc1C. The first-order valence-electron chi connectivity index (χ1n) is 6.38. The van der Waals surface area contributed by atoms with Gasteiger partial charge >= 0.3 is 0 Å². The predicted octanol–water partition coefficient (Wildman–Crippen LogP) is 2.69. The van der Waals surface area contributed by atoms with Crippen LogP contribution in [0.15, 0.2) is 24.3 Å². The molecule has 0 aliphatic carbocycles. The van der Waals surface area contributed by atoms with E-state index in [1.165, 1.54) is 11.1 Å². The molecular weight excluding hydrogens is 224 g/mol. The summed E-state index contributed by atoms with van der Waals surface area (Å²) in [6.07, 6.45) is 1.70. The minimum Gasteiger partial charge on any atom is -0.342 e. The Bertz CT molecular complexity index is 434. The Morgan fingerprint density at radius 2 is 2.11 bits per heavy atom. The minimum atomic E-state index is 0.135. The molecule has 0 saturated heterocycles. The number of benzene rings is 1. The molecular formula is C15H20N2O. The van der Waals surface area contributed by atoms with Gasteiger partial charge in [-0.2, -0.15) is 5.26 Å². The van der Waals surface area contributed by atoms with Crippen molar-refractivity contribution in [1.82, 2.24) is 4.90 Å². The zero-order valence-corrected chi connectivity index (χ0v) is 11.1. The molecule has 0 bridgehead atoms. The van der Waals surface area contributed by atoms with Crippen LogP contribution in [0.2, 0.25) is 0 Å². The van der Waals surface area contributed by atoms with Crippen LogP contribution < -0.4 is 0 Å². The molecule has 3 nitrogen and oxygen atoms in total. The molecule has 0 N–H and O–H groups in total. The highest BCUT2D eigenvalue weighted by Gasteiger charge is 2.11. The first-order chi connectivity index (χ1) is 8.69. The van der Waals surface area contributed by atoms with Crippen LogP contribution >= 0.6 is 0 Å². The van der Waals surface area contributed by atoms with Crippen LogP contribution in [0.4, 0.5) is 0 Å². The summed E-state index contributed by atoms with van der Waals surface area (Å²) in [6.45, 7) is 5.23. The highest BCUT2D eigenvalue weighted by molar-refractivity contribution is 5.76. The van der Waals surface area contributed by atoms with E-state index < -0.39 is 0 Å². The van der Waals surface area contributed by atoms with Gasteiger partial charge in [0, 0.05) is 19.5 Å². The summed E-state index contributed by atoms with van der Waals surface area (Å²) in [5.74, 6) is 0.135. The fourth-order valence-corrected chi connectivity index (χ4v) is 1.93. The third kappa shape index (κ3) is 4.21. The van der Waals surface area contributed by atoms with Crippen LogP contribution in [0.3, 0.4) is 0 Å². The fraction of sp³-hybridized carbons (Fsp3) is 0.467. The summed E-state index contributed by atoms with van der Waals surface area (Å²) in [5, 5.41) is 8.55. The third-order valence-corrected chi connectivity index (χ3v) is 3.10. The number of rotatable bonds is 6. The van der Waals surface area contributed by atoms with E-state index in [9.17, 15) is 4.79 Å². The molecule has 1 amide bonds. The van der Waals surface area contributed by atoms with Crippen LogP contribution in [-0.2, 0) is 11.2 Å². The molecule has 0 radical (unpaired) electrons. The first-order valence-corrected chi connectivity index (χ1v) is 6.38. The van der Waals surface area contributed by atoms with Gasteiger partial charge in [-0.1, -0.05) is 24.3 Å². The Morgan fingerprint density at radius 1 is 1.39 bits per heavy atom. The Morgan fingerprint density at radius 3 is 2.72 bits per heavy atom. The number of hydrogen-bond donors (Lipinski definition) is 0. The maximum absolute atomic E-state index is 12.0. The van der Waals surface area contributed by atoms with Crippen LogP contribution in [0.25, 0.3) is 0 Å². The summed E-state index contributed by atoms with van der Waals surface area (Å²) in [6, 6.07) is 10.2. The number of hydrogen-bond acceptors (Lipinski definition) is 2. The van der Waals surface area contributed by atoms with E-state index in [0.717, 1.165) is 6.42 Å². The Hall–Kier alpha value is -1.82. The van der Waals surface area contributed by atoms with E-state index in [4.69, 9.17) is 5.26 Å². The number of amides is 1. The molecule has 1 rings (SSSR count). The summed E-state index contributed by atoms with van der Waals surface area (Å²) in [5.41, 5.74) is 2.45. The quantitative estimate of drug-likeness (QED) is 0.772. The molecule has 0 spiro atoms. The van der Waals surface area contributed by atoms with Crippen molar-refractivity contribution in [3.05, 3.63) is 35.4 Å². The van der Waals surface area contributed by atoms with Crippen LogP contribution in [0.1, 0.15) is 30.9 Å². The molecule has 0 unspecified atom stereocenters. The highest BCUT2D eigenvalue weighted by Crippen LogP contribution is 2.10. The molecule has 0 aliphatic heterocycles. The van der Waals surface area contributed by atoms with Gasteiger partial charge in [0.2, 0.25) is 5.91 Å². The third-order valence-electron chi connectivity index (χ3n) is 3.10. The summed E-state index contributed by atoms with van der Waals surface area (Å²) >= 11 is 0. The van der Waals surface area contributed by atoms with Gasteiger partial charge in [-0.25, -0.2) is 0 Å². The van der Waals surface area contributed by atoms with Crippen LogP contribution in [0.5, 0.6) is 0 Å². The Labute approximate surface area is 109 Å². The predicted molar refractivity (Wildman–Crippen MR) is 72.0 cm³/mol. The lowest BCUT2D eigenvalue weighted by atomic mass is 10.0. The molecule has 0 saturated carbocycles. The van der Waals surface area contributed by atoms with E-state index in [1.807, 2.05) is 19.1 Å². The summed E-state index contributed by atoms with van der Waals surface area (Å²) in [7, 11) is 0. The van der Waals surface area contributed by atoms with Crippen LogP contribution in [-0.4, -0.2) is 23.9 Å². The average Bonchev–Trinajstić information content (AvgIpc) is 2.38. The number of aryl methyl sites for hydroxylation is 2. The normalized spacial score (nSPS) is 9.83. The summed E-state index contributed by atoms with van der Waals surface area (Å²) < 4.78 is 0. The van der Waals surface area contributed by atoms with E-state index >= 15 is 0 Å². The van der Waals surface area contributed by atoms with Crippen molar-refractivity contribution in [2.45, 2.75) is 33.1 Å². The standard InChI is InChI=1S/C15H20N2O/c1-3-17(12-6-11-16)15(18)10-9-14-8-5-4-7-13(14)2/h4-5,7-8H,3,6,9-10,12H2,1-2H3. The van der Waals surface area contributed by atoms with Crippen molar-refractivity contribution in [2.75, 3.05) is 13.1 Å². The molecule has 0 fully saturated rings. The zero-order chi connectivity index (χ0) is 13.4. The zero-order valence-electron chi connectivity index (χ0n) is 11.1. The van der Waals surface area contributed by atoms with Gasteiger partial charge in [0.1, 0.15) is 0 Å². The highest BCUT2D eigenvalue weighted by atomic mass is 16.2. The molecule has 96 valence electrons. The van der Waals surface area contributed by atoms with E-state index in [2.05, 4.69) is 25.1 Å². The maximum Gasteiger partial charge on any atom is 0.222 e. The van der Waals surface area contributed by atoms with Gasteiger partial charge < -0.3 is 4.90 Å². The molecule has 0 aromatic heterocycles. The van der Waals surface area contributed by atoms with Crippen LogP contribution in [0, 0.1) is 18.3 Å². The molecule has 1 aromatic rings. The second-order valence-electron chi connectivity index (χ2n) is 4.31. The summed E-state index contributed by atoms with van der Waals surface area (Å²) in [4.78, 5) is 13.7. The number of carbonyl (C=O) groups is 1. The molecule has 0 atom stereocenters. The number of nitriles is 1. The van der Waals surface area contributed by atoms with Gasteiger partial charge in [0.05, 0.1) is 12.5 Å². The molecule has 0 heterocycles. The minimum absolute atomic E-state index is 0.135. The topological polar surface area (TPSA) is 44.1 Å². The second kappa shape index (κ2) is 7.50. The lowest BCUT2D eigenvalue weighted by Crippen LogP contribution is -2.31. The smallest absolute Gasteiger partial charge is 0.222 e. The van der Waals surface area contributed by atoms with Gasteiger partial charge in [0.15, 0.2) is 0 Å². The molecule has 3 heteroatoms. The maximum atomic E-state index is 12.0. The van der Waals surface area contributed by atoms with Crippen molar-refractivity contribution >= 4 is 5.91 Å². The largest absolute Gasteiger partial charge is 0.342 e. The fourth-order valence-electron chi connectivity index (χ4n) is 1.93. The second-order valence-corrected chi connectivity index (χ2v) is 4.31. The number of carbonyl (C=O) groups excluding carboxylic acids is 1. The first kappa shape index (κ1) is 14.2. The van der Waals surface area contributed by atoms with Crippen molar-refractivity contribution < 1.29 is 4.79 Å². The van der Waals surface area contributed by atoms with E-state index in [-0.39, 0.29) is 5.91 Å². The van der Waals surface area contributed by atoms with E-state index in [1.54, 1.807) is 4.90 Å².